The van der Waals surface area contributed by atoms with Gasteiger partial charge >= 0.3 is 0 Å². The highest BCUT2D eigenvalue weighted by Crippen LogP contribution is 2.37. The predicted octanol–water partition coefficient (Wildman–Crippen LogP) is 5.00. The SMILES string of the molecule is CS(=O)(=O)c1cc(F)c(C2=C(c3ccc(Br)cc3)C=CC2)cc1F. The van der Waals surface area contributed by atoms with Crippen LogP contribution >= 0.6 is 15.9 Å². The van der Waals surface area contributed by atoms with Crippen molar-refractivity contribution in [3.05, 3.63) is 75.8 Å². The monoisotopic (exact) mass is 410 g/mol. The lowest BCUT2D eigenvalue weighted by Crippen LogP contribution is -2.04. The summed E-state index contributed by atoms with van der Waals surface area (Å²) in [6.07, 6.45) is 5.04. The first-order chi connectivity index (χ1) is 11.3. The summed E-state index contributed by atoms with van der Waals surface area (Å²) in [4.78, 5) is -0.625. The molecule has 2 aromatic rings. The van der Waals surface area contributed by atoms with Crippen LogP contribution in [0.5, 0.6) is 0 Å². The van der Waals surface area contributed by atoms with E-state index in [1.807, 2.05) is 36.4 Å². The summed E-state index contributed by atoms with van der Waals surface area (Å²) in [5.41, 5.74) is 2.40. The van der Waals surface area contributed by atoms with Crippen LogP contribution in [0.25, 0.3) is 11.1 Å². The first kappa shape index (κ1) is 17.0. The normalized spacial score (nSPS) is 14.5. The molecule has 0 aromatic heterocycles. The molecule has 0 bridgehead atoms. The summed E-state index contributed by atoms with van der Waals surface area (Å²) < 4.78 is 52.6. The molecule has 2 aromatic carbocycles. The van der Waals surface area contributed by atoms with E-state index in [9.17, 15) is 17.2 Å². The van der Waals surface area contributed by atoms with Crippen molar-refractivity contribution >= 4 is 36.9 Å². The van der Waals surface area contributed by atoms with Gasteiger partial charge in [0, 0.05) is 16.3 Å². The maximum atomic E-state index is 14.5. The first-order valence-electron chi connectivity index (χ1n) is 7.12. The van der Waals surface area contributed by atoms with Crippen LogP contribution in [0.1, 0.15) is 17.5 Å². The minimum atomic E-state index is -3.82. The van der Waals surface area contributed by atoms with E-state index < -0.39 is 26.4 Å². The molecule has 0 aliphatic heterocycles. The van der Waals surface area contributed by atoms with Crippen LogP contribution in [0.2, 0.25) is 0 Å². The standard InChI is InChI=1S/C18H13BrF2O2S/c1-24(22,23)18-10-16(20)15(9-17(18)21)14-4-2-3-13(14)11-5-7-12(19)8-6-11/h2-3,5-10H,4H2,1H3. The van der Waals surface area contributed by atoms with Gasteiger partial charge in [-0.25, -0.2) is 17.2 Å². The van der Waals surface area contributed by atoms with E-state index in [1.165, 1.54) is 0 Å². The lowest BCUT2D eigenvalue weighted by atomic mass is 9.96. The molecule has 0 N–H and O–H groups in total. The van der Waals surface area contributed by atoms with Crippen molar-refractivity contribution in [3.8, 4) is 0 Å². The number of halogens is 3. The van der Waals surface area contributed by atoms with Crippen LogP contribution in [-0.2, 0) is 9.84 Å². The average molecular weight is 411 g/mol. The molecule has 0 fully saturated rings. The van der Waals surface area contributed by atoms with Gasteiger partial charge < -0.3 is 0 Å². The van der Waals surface area contributed by atoms with Gasteiger partial charge in [-0.15, -0.1) is 0 Å². The zero-order valence-corrected chi connectivity index (χ0v) is 15.1. The zero-order valence-electron chi connectivity index (χ0n) is 12.7. The van der Waals surface area contributed by atoms with Gasteiger partial charge in [0.2, 0.25) is 0 Å². The molecule has 0 unspecified atom stereocenters. The number of sulfone groups is 1. The van der Waals surface area contributed by atoms with Crippen molar-refractivity contribution in [1.29, 1.82) is 0 Å². The van der Waals surface area contributed by atoms with Gasteiger partial charge in [0.05, 0.1) is 0 Å². The van der Waals surface area contributed by atoms with Crippen LogP contribution in [0.15, 0.2) is 57.9 Å². The minimum absolute atomic E-state index is 0.0859. The van der Waals surface area contributed by atoms with Gasteiger partial charge in [-0.05, 0) is 47.4 Å². The zero-order chi connectivity index (χ0) is 17.5. The van der Waals surface area contributed by atoms with Gasteiger partial charge in [-0.3, -0.25) is 0 Å². The quantitative estimate of drug-likeness (QED) is 0.713. The molecule has 0 saturated heterocycles. The van der Waals surface area contributed by atoms with Crippen molar-refractivity contribution in [2.24, 2.45) is 0 Å². The van der Waals surface area contributed by atoms with Crippen molar-refractivity contribution in [3.63, 3.8) is 0 Å². The molecule has 0 atom stereocenters. The lowest BCUT2D eigenvalue weighted by molar-refractivity contribution is 0.554. The largest absolute Gasteiger partial charge is 0.224 e. The highest BCUT2D eigenvalue weighted by Gasteiger charge is 2.22. The Morgan fingerprint density at radius 2 is 1.71 bits per heavy atom. The topological polar surface area (TPSA) is 34.1 Å². The Hall–Kier alpha value is -1.79. The summed E-state index contributed by atoms with van der Waals surface area (Å²) in [5.74, 6) is -1.69. The Morgan fingerprint density at radius 1 is 1.04 bits per heavy atom. The van der Waals surface area contributed by atoms with Gasteiger partial charge in [0.25, 0.3) is 0 Å². The second-order valence-electron chi connectivity index (χ2n) is 5.54. The molecule has 0 radical (unpaired) electrons. The Bertz CT molecular complexity index is 975. The number of hydrogen-bond acceptors (Lipinski definition) is 2. The highest BCUT2D eigenvalue weighted by molar-refractivity contribution is 9.10. The molecule has 3 rings (SSSR count). The summed E-state index contributed by atoms with van der Waals surface area (Å²) in [7, 11) is -3.82. The Labute approximate surface area is 147 Å². The fraction of sp³-hybridized carbons (Fsp3) is 0.111. The predicted molar refractivity (Wildman–Crippen MR) is 94.2 cm³/mol. The summed E-state index contributed by atoms with van der Waals surface area (Å²) in [6, 6.07) is 9.23. The molecule has 0 spiro atoms. The fourth-order valence-electron chi connectivity index (χ4n) is 2.70. The fourth-order valence-corrected chi connectivity index (χ4v) is 3.70. The van der Waals surface area contributed by atoms with Crippen LogP contribution in [0.4, 0.5) is 8.78 Å². The highest BCUT2D eigenvalue weighted by atomic mass is 79.9. The Morgan fingerprint density at radius 3 is 2.33 bits per heavy atom. The molecule has 1 aliphatic carbocycles. The second-order valence-corrected chi connectivity index (χ2v) is 8.44. The number of benzene rings is 2. The first-order valence-corrected chi connectivity index (χ1v) is 9.81. The van der Waals surface area contributed by atoms with E-state index >= 15 is 0 Å². The third kappa shape index (κ3) is 3.21. The van der Waals surface area contributed by atoms with Gasteiger partial charge in [0.1, 0.15) is 16.5 Å². The van der Waals surface area contributed by atoms with Crippen LogP contribution in [-0.4, -0.2) is 14.7 Å². The van der Waals surface area contributed by atoms with E-state index in [2.05, 4.69) is 15.9 Å². The Balaban J connectivity index is 2.16. The molecule has 24 heavy (non-hydrogen) atoms. The van der Waals surface area contributed by atoms with Crippen molar-refractivity contribution in [2.45, 2.75) is 11.3 Å². The molecule has 124 valence electrons. The van der Waals surface area contributed by atoms with Gasteiger partial charge in [-0.2, -0.15) is 0 Å². The number of rotatable bonds is 3. The number of hydrogen-bond donors (Lipinski definition) is 0. The maximum absolute atomic E-state index is 14.5. The van der Waals surface area contributed by atoms with Crippen LogP contribution in [0, 0.1) is 11.6 Å². The summed E-state index contributed by atoms with van der Waals surface area (Å²) in [5, 5.41) is 0. The lowest BCUT2D eigenvalue weighted by Gasteiger charge is -2.11. The van der Waals surface area contributed by atoms with Gasteiger partial charge in [0.15, 0.2) is 9.84 Å². The molecule has 2 nitrogen and oxygen atoms in total. The number of allylic oxidation sites excluding steroid dienone is 4. The average Bonchev–Trinajstić information content (AvgIpc) is 2.98. The second kappa shape index (κ2) is 6.26. The molecular weight excluding hydrogens is 398 g/mol. The summed E-state index contributed by atoms with van der Waals surface area (Å²) in [6.45, 7) is 0. The van der Waals surface area contributed by atoms with Crippen LogP contribution < -0.4 is 0 Å². The van der Waals surface area contributed by atoms with E-state index in [0.717, 1.165) is 34.0 Å². The smallest absolute Gasteiger partial charge is 0.178 e. The van der Waals surface area contributed by atoms with E-state index in [1.54, 1.807) is 0 Å². The van der Waals surface area contributed by atoms with E-state index in [4.69, 9.17) is 0 Å². The van der Waals surface area contributed by atoms with Crippen molar-refractivity contribution in [2.75, 3.05) is 6.26 Å². The third-order valence-corrected chi connectivity index (χ3v) is 5.47. The third-order valence-electron chi connectivity index (χ3n) is 3.83. The molecule has 0 amide bonds. The van der Waals surface area contributed by atoms with E-state index in [0.29, 0.717) is 12.0 Å². The molecular formula is C18H13BrF2O2S. The molecule has 0 saturated carbocycles. The summed E-state index contributed by atoms with van der Waals surface area (Å²) >= 11 is 3.36. The maximum Gasteiger partial charge on any atom is 0.178 e. The van der Waals surface area contributed by atoms with Crippen molar-refractivity contribution in [1.82, 2.24) is 0 Å². The molecule has 0 heterocycles. The van der Waals surface area contributed by atoms with E-state index in [-0.39, 0.29) is 5.56 Å². The molecule has 6 heteroatoms. The molecule has 1 aliphatic rings. The minimum Gasteiger partial charge on any atom is -0.224 e. The van der Waals surface area contributed by atoms with Gasteiger partial charge in [-0.1, -0.05) is 40.2 Å². The van der Waals surface area contributed by atoms with Crippen molar-refractivity contribution < 1.29 is 17.2 Å². The van der Waals surface area contributed by atoms with Crippen LogP contribution in [0.3, 0.4) is 0 Å². The Kier molecular flexibility index (Phi) is 4.44.